The number of hydrogen-bond acceptors (Lipinski definition) is 3. The number of benzene rings is 2. The lowest BCUT2D eigenvalue weighted by Gasteiger charge is -2.06. The molecule has 0 saturated carbocycles. The van der Waals surface area contributed by atoms with E-state index in [9.17, 15) is 9.59 Å². The number of rotatable bonds is 4. The molecule has 0 spiro atoms. The first-order valence-electron chi connectivity index (χ1n) is 7.70. The molecule has 3 aromatic rings. The highest BCUT2D eigenvalue weighted by atomic mass is 35.5. The summed E-state index contributed by atoms with van der Waals surface area (Å²) >= 11 is 5.82. The monoisotopic (exact) mass is 353 g/mol. The van der Waals surface area contributed by atoms with Crippen LogP contribution in [0.3, 0.4) is 0 Å². The van der Waals surface area contributed by atoms with Gasteiger partial charge in [0.15, 0.2) is 0 Å². The van der Waals surface area contributed by atoms with E-state index in [0.717, 1.165) is 5.69 Å². The second-order valence-corrected chi connectivity index (χ2v) is 6.02. The molecule has 1 amide bonds. The van der Waals surface area contributed by atoms with E-state index in [1.54, 1.807) is 42.8 Å². The van der Waals surface area contributed by atoms with E-state index in [0.29, 0.717) is 27.7 Å². The number of amides is 1. The van der Waals surface area contributed by atoms with Crippen LogP contribution in [-0.2, 0) is 4.79 Å². The van der Waals surface area contributed by atoms with Crippen LogP contribution in [0.1, 0.15) is 21.7 Å². The average molecular weight is 354 g/mol. The molecule has 25 heavy (non-hydrogen) atoms. The number of halogens is 1. The lowest BCUT2D eigenvalue weighted by atomic mass is 10.1. The summed E-state index contributed by atoms with van der Waals surface area (Å²) in [6, 6.07) is 16.0. The fraction of sp³-hybridized carbons (Fsp3) is 0.105. The Bertz CT molecular complexity index is 931. The number of para-hydroxylation sites is 1. The molecule has 0 aliphatic carbocycles. The van der Waals surface area contributed by atoms with Gasteiger partial charge >= 0.3 is 0 Å². The number of Topliss-reactive ketones (excluding diaryl/α,β-unsaturated/α-hetero) is 1. The van der Waals surface area contributed by atoms with Crippen LogP contribution in [-0.4, -0.2) is 21.5 Å². The summed E-state index contributed by atoms with van der Waals surface area (Å²) in [5.74, 6) is -1.33. The van der Waals surface area contributed by atoms with Crippen LogP contribution in [0, 0.1) is 13.8 Å². The quantitative estimate of drug-likeness (QED) is 0.570. The number of nitrogens with one attached hydrogen (secondary N) is 1. The second kappa shape index (κ2) is 6.91. The molecule has 6 heteroatoms. The van der Waals surface area contributed by atoms with Crippen LogP contribution >= 0.6 is 11.6 Å². The Morgan fingerprint density at radius 3 is 2.28 bits per heavy atom. The fourth-order valence-electron chi connectivity index (χ4n) is 2.63. The average Bonchev–Trinajstić information content (AvgIpc) is 2.91. The smallest absolute Gasteiger partial charge is 0.296 e. The Morgan fingerprint density at radius 2 is 1.64 bits per heavy atom. The van der Waals surface area contributed by atoms with Crippen molar-refractivity contribution in [2.75, 3.05) is 5.32 Å². The molecule has 1 heterocycles. The predicted molar refractivity (Wildman–Crippen MR) is 97.5 cm³/mol. The van der Waals surface area contributed by atoms with Crippen molar-refractivity contribution in [3.05, 3.63) is 76.6 Å². The van der Waals surface area contributed by atoms with Gasteiger partial charge in [0.25, 0.3) is 11.7 Å². The first-order valence-corrected chi connectivity index (χ1v) is 8.08. The van der Waals surface area contributed by atoms with E-state index < -0.39 is 11.7 Å². The minimum absolute atomic E-state index is 0.315. The first-order chi connectivity index (χ1) is 12.0. The van der Waals surface area contributed by atoms with Gasteiger partial charge in [-0.05, 0) is 50.2 Å². The molecule has 2 aromatic carbocycles. The normalized spacial score (nSPS) is 10.5. The number of ketones is 1. The van der Waals surface area contributed by atoms with Gasteiger partial charge in [0.2, 0.25) is 0 Å². The lowest BCUT2D eigenvalue weighted by Crippen LogP contribution is -2.24. The van der Waals surface area contributed by atoms with Crippen LogP contribution in [0.5, 0.6) is 0 Å². The molecule has 126 valence electrons. The highest BCUT2D eigenvalue weighted by molar-refractivity contribution is 6.47. The summed E-state index contributed by atoms with van der Waals surface area (Å²) in [4.78, 5) is 24.9. The molecule has 0 bridgehead atoms. The number of aromatic nitrogens is 2. The summed E-state index contributed by atoms with van der Waals surface area (Å²) in [6.45, 7) is 3.49. The van der Waals surface area contributed by atoms with Crippen molar-refractivity contribution < 1.29 is 9.59 Å². The Labute approximate surface area is 150 Å². The van der Waals surface area contributed by atoms with Gasteiger partial charge in [-0.2, -0.15) is 5.10 Å². The van der Waals surface area contributed by atoms with Crippen molar-refractivity contribution in [1.29, 1.82) is 0 Å². The molecule has 0 aliphatic heterocycles. The molecule has 3 rings (SSSR count). The zero-order valence-electron chi connectivity index (χ0n) is 13.8. The number of carbonyl (C=O) groups is 2. The maximum Gasteiger partial charge on any atom is 0.296 e. The van der Waals surface area contributed by atoms with Crippen molar-refractivity contribution >= 4 is 29.0 Å². The zero-order valence-corrected chi connectivity index (χ0v) is 14.5. The van der Waals surface area contributed by atoms with Gasteiger partial charge in [-0.15, -0.1) is 0 Å². The fourth-order valence-corrected chi connectivity index (χ4v) is 2.75. The Hall–Kier alpha value is -2.92. The van der Waals surface area contributed by atoms with Gasteiger partial charge in [0.05, 0.1) is 22.6 Å². The first kappa shape index (κ1) is 16.9. The SMILES string of the molecule is Cc1nn(-c2ccccc2)c(C)c1C(=O)C(=O)Nc1ccc(Cl)cc1. The highest BCUT2D eigenvalue weighted by Crippen LogP contribution is 2.19. The minimum atomic E-state index is -0.707. The van der Waals surface area contributed by atoms with Gasteiger partial charge in [-0.1, -0.05) is 29.8 Å². The maximum absolute atomic E-state index is 12.6. The highest BCUT2D eigenvalue weighted by Gasteiger charge is 2.25. The summed E-state index contributed by atoms with van der Waals surface area (Å²) < 4.78 is 1.66. The van der Waals surface area contributed by atoms with Gasteiger partial charge < -0.3 is 5.32 Å². The van der Waals surface area contributed by atoms with E-state index in [1.807, 2.05) is 30.3 Å². The van der Waals surface area contributed by atoms with Crippen molar-refractivity contribution in [2.45, 2.75) is 13.8 Å². The van der Waals surface area contributed by atoms with Crippen LogP contribution in [0.2, 0.25) is 5.02 Å². The third-order valence-electron chi connectivity index (χ3n) is 3.83. The number of aryl methyl sites for hydroxylation is 1. The molecule has 0 unspecified atom stereocenters. The van der Waals surface area contributed by atoms with Crippen LogP contribution in [0.15, 0.2) is 54.6 Å². The van der Waals surface area contributed by atoms with E-state index in [4.69, 9.17) is 11.6 Å². The van der Waals surface area contributed by atoms with Gasteiger partial charge in [-0.3, -0.25) is 9.59 Å². The Kier molecular flexibility index (Phi) is 4.67. The molecule has 0 radical (unpaired) electrons. The minimum Gasteiger partial charge on any atom is -0.319 e. The van der Waals surface area contributed by atoms with Crippen molar-refractivity contribution in [1.82, 2.24) is 9.78 Å². The molecule has 0 atom stereocenters. The molecule has 1 aromatic heterocycles. The number of nitrogens with zero attached hydrogens (tertiary/aromatic N) is 2. The molecular weight excluding hydrogens is 338 g/mol. The largest absolute Gasteiger partial charge is 0.319 e. The second-order valence-electron chi connectivity index (χ2n) is 5.58. The maximum atomic E-state index is 12.6. The van der Waals surface area contributed by atoms with Crippen LogP contribution in [0.25, 0.3) is 5.69 Å². The standard InChI is InChI=1S/C19H16ClN3O2/c1-12-17(13(2)23(22-12)16-6-4-3-5-7-16)18(24)19(25)21-15-10-8-14(20)9-11-15/h3-11H,1-2H3,(H,21,25). The third-order valence-corrected chi connectivity index (χ3v) is 4.08. The third kappa shape index (κ3) is 3.46. The predicted octanol–water partition coefficient (Wildman–Crippen LogP) is 3.96. The van der Waals surface area contributed by atoms with Crippen molar-refractivity contribution in [3.63, 3.8) is 0 Å². The number of carbonyl (C=O) groups excluding carboxylic acids is 2. The summed E-state index contributed by atoms with van der Waals surface area (Å²) in [6.07, 6.45) is 0. The molecule has 0 aliphatic rings. The Morgan fingerprint density at radius 1 is 1.00 bits per heavy atom. The molecular formula is C19H16ClN3O2. The summed E-state index contributed by atoms with van der Waals surface area (Å²) in [5.41, 5.74) is 2.79. The number of hydrogen-bond donors (Lipinski definition) is 1. The van der Waals surface area contributed by atoms with E-state index >= 15 is 0 Å². The van der Waals surface area contributed by atoms with E-state index in [2.05, 4.69) is 10.4 Å². The topological polar surface area (TPSA) is 64.0 Å². The molecule has 0 fully saturated rings. The van der Waals surface area contributed by atoms with E-state index in [-0.39, 0.29) is 0 Å². The van der Waals surface area contributed by atoms with E-state index in [1.165, 1.54) is 0 Å². The molecule has 1 N–H and O–H groups in total. The van der Waals surface area contributed by atoms with Crippen molar-refractivity contribution in [3.8, 4) is 5.69 Å². The van der Waals surface area contributed by atoms with Crippen molar-refractivity contribution in [2.24, 2.45) is 0 Å². The van der Waals surface area contributed by atoms with Gasteiger partial charge in [0.1, 0.15) is 0 Å². The van der Waals surface area contributed by atoms with Gasteiger partial charge in [-0.25, -0.2) is 4.68 Å². The lowest BCUT2D eigenvalue weighted by molar-refractivity contribution is -0.112. The van der Waals surface area contributed by atoms with Crippen LogP contribution < -0.4 is 5.32 Å². The van der Waals surface area contributed by atoms with Gasteiger partial charge in [0, 0.05) is 10.7 Å². The number of anilines is 1. The molecule has 5 nitrogen and oxygen atoms in total. The molecule has 0 saturated heterocycles. The summed E-state index contributed by atoms with van der Waals surface area (Å²) in [7, 11) is 0. The Balaban J connectivity index is 1.88. The summed E-state index contributed by atoms with van der Waals surface area (Å²) in [5, 5.41) is 7.54. The van der Waals surface area contributed by atoms with Crippen LogP contribution in [0.4, 0.5) is 5.69 Å². The zero-order chi connectivity index (χ0) is 18.0.